The number of ether oxygens (including phenoxy) is 1. The van der Waals surface area contributed by atoms with Crippen molar-refractivity contribution in [1.82, 2.24) is 14.7 Å². The maximum absolute atomic E-state index is 13.2. The van der Waals surface area contributed by atoms with Crippen LogP contribution < -0.4 is 16.4 Å². The number of fused-ring (bicyclic) bond motifs is 1. The van der Waals surface area contributed by atoms with Crippen LogP contribution in [0.4, 0.5) is 5.82 Å². The number of pyridine rings is 1. The van der Waals surface area contributed by atoms with Gasteiger partial charge in [0.15, 0.2) is 5.65 Å². The number of aryl methyl sites for hydroxylation is 1. The molecule has 32 heavy (non-hydrogen) atoms. The Morgan fingerprint density at radius 1 is 1.16 bits per heavy atom. The Labute approximate surface area is 187 Å². The molecule has 1 amide bonds. The zero-order valence-corrected chi connectivity index (χ0v) is 18.4. The topological polar surface area (TPSA) is 111 Å². The van der Waals surface area contributed by atoms with Crippen molar-refractivity contribution in [2.24, 2.45) is 5.73 Å². The van der Waals surface area contributed by atoms with E-state index in [1.807, 2.05) is 47.9 Å². The second-order valence-electron chi connectivity index (χ2n) is 8.25. The summed E-state index contributed by atoms with van der Waals surface area (Å²) in [5.74, 6) is 0.0926. The Morgan fingerprint density at radius 2 is 1.91 bits per heavy atom. The van der Waals surface area contributed by atoms with Crippen LogP contribution >= 0.6 is 0 Å². The molecule has 4 rings (SSSR count). The summed E-state index contributed by atoms with van der Waals surface area (Å²) in [6.45, 7) is 1.99. The Kier molecular flexibility index (Phi) is 6.41. The summed E-state index contributed by atoms with van der Waals surface area (Å²) in [5, 5.41) is 6.29. The van der Waals surface area contributed by atoms with Crippen molar-refractivity contribution in [1.29, 1.82) is 0 Å². The third-order valence-corrected chi connectivity index (χ3v) is 6.03. The summed E-state index contributed by atoms with van der Waals surface area (Å²) in [6.07, 6.45) is 5.42. The van der Waals surface area contributed by atoms with Crippen LogP contribution in [0.25, 0.3) is 16.9 Å². The van der Waals surface area contributed by atoms with Gasteiger partial charge < -0.3 is 21.1 Å². The van der Waals surface area contributed by atoms with Gasteiger partial charge in [0.2, 0.25) is 0 Å². The number of nitrogens with one attached hydrogen (secondary N) is 2. The van der Waals surface area contributed by atoms with Crippen molar-refractivity contribution in [2.45, 2.75) is 44.7 Å². The fourth-order valence-corrected chi connectivity index (χ4v) is 4.19. The molecule has 2 aromatic heterocycles. The molecule has 4 N–H and O–H groups in total. The summed E-state index contributed by atoms with van der Waals surface area (Å²) in [6, 6.07) is 11.8. The standard InChI is InChI=1S/C24H29N5O3/c1-15-6-3-4-7-18(15)21-23(26-14-20(30)32-2)29-13-5-8-19(22(29)28-21)24(31)27-17-11-9-16(25)10-12-17/h3-8,13,16-17,26H,9-12,14,25H2,1-2H3,(H,27,31). The number of amides is 1. The molecular weight excluding hydrogens is 406 g/mol. The summed E-state index contributed by atoms with van der Waals surface area (Å²) in [7, 11) is 1.35. The van der Waals surface area contributed by atoms with Gasteiger partial charge >= 0.3 is 5.97 Å². The number of hydrogen-bond donors (Lipinski definition) is 3. The van der Waals surface area contributed by atoms with E-state index < -0.39 is 0 Å². The number of methoxy groups -OCH3 is 1. The zero-order valence-electron chi connectivity index (χ0n) is 18.4. The van der Waals surface area contributed by atoms with Crippen LogP contribution in [0, 0.1) is 6.92 Å². The Bertz CT molecular complexity index is 1130. The number of aromatic nitrogens is 2. The van der Waals surface area contributed by atoms with Crippen LogP contribution in [0.1, 0.15) is 41.6 Å². The first-order valence-corrected chi connectivity index (χ1v) is 10.9. The van der Waals surface area contributed by atoms with Crippen molar-refractivity contribution in [3.63, 3.8) is 0 Å². The lowest BCUT2D eigenvalue weighted by atomic mass is 9.91. The van der Waals surface area contributed by atoms with Gasteiger partial charge in [-0.05, 0) is 50.3 Å². The van der Waals surface area contributed by atoms with Gasteiger partial charge in [-0.2, -0.15) is 0 Å². The third kappa shape index (κ3) is 4.45. The fourth-order valence-electron chi connectivity index (χ4n) is 4.19. The third-order valence-electron chi connectivity index (χ3n) is 6.03. The van der Waals surface area contributed by atoms with Crippen molar-refractivity contribution in [2.75, 3.05) is 19.0 Å². The molecule has 0 saturated heterocycles. The normalized spacial score (nSPS) is 18.3. The molecule has 0 spiro atoms. The van der Waals surface area contributed by atoms with E-state index in [4.69, 9.17) is 15.5 Å². The molecular formula is C24H29N5O3. The first-order chi connectivity index (χ1) is 15.5. The van der Waals surface area contributed by atoms with Crippen LogP contribution in [0.5, 0.6) is 0 Å². The highest BCUT2D eigenvalue weighted by atomic mass is 16.5. The van der Waals surface area contributed by atoms with Gasteiger partial charge in [0, 0.05) is 23.8 Å². The second-order valence-corrected chi connectivity index (χ2v) is 8.25. The number of nitrogens with zero attached hydrogens (tertiary/aromatic N) is 2. The molecule has 0 radical (unpaired) electrons. The summed E-state index contributed by atoms with van der Waals surface area (Å²) in [5.41, 5.74) is 9.66. The minimum atomic E-state index is -0.389. The minimum absolute atomic E-state index is 0.0120. The predicted octanol–water partition coefficient (Wildman–Crippen LogP) is 2.89. The number of anilines is 1. The van der Waals surface area contributed by atoms with Crippen LogP contribution in [-0.4, -0.2) is 47.0 Å². The number of hydrogen-bond acceptors (Lipinski definition) is 6. The molecule has 2 heterocycles. The van der Waals surface area contributed by atoms with Gasteiger partial charge in [-0.25, -0.2) is 4.98 Å². The number of carbonyl (C=O) groups is 2. The van der Waals surface area contributed by atoms with Crippen LogP contribution in [0.2, 0.25) is 0 Å². The van der Waals surface area contributed by atoms with E-state index in [1.54, 1.807) is 6.07 Å². The van der Waals surface area contributed by atoms with E-state index in [0.29, 0.717) is 22.7 Å². The first-order valence-electron chi connectivity index (χ1n) is 10.9. The Balaban J connectivity index is 1.73. The molecule has 0 unspecified atom stereocenters. The van der Waals surface area contributed by atoms with E-state index in [-0.39, 0.29) is 30.5 Å². The molecule has 1 aliphatic rings. The quantitative estimate of drug-likeness (QED) is 0.514. The highest BCUT2D eigenvalue weighted by molar-refractivity contribution is 6.01. The summed E-state index contributed by atoms with van der Waals surface area (Å²) < 4.78 is 6.60. The van der Waals surface area contributed by atoms with Crippen LogP contribution in [0.15, 0.2) is 42.6 Å². The van der Waals surface area contributed by atoms with Crippen molar-refractivity contribution in [3.05, 3.63) is 53.7 Å². The maximum atomic E-state index is 13.2. The molecule has 8 nitrogen and oxygen atoms in total. The number of benzene rings is 1. The van der Waals surface area contributed by atoms with Gasteiger partial charge in [0.25, 0.3) is 5.91 Å². The predicted molar refractivity (Wildman–Crippen MR) is 124 cm³/mol. The molecule has 1 aromatic carbocycles. The van der Waals surface area contributed by atoms with E-state index in [2.05, 4.69) is 10.6 Å². The number of imidazole rings is 1. The molecule has 0 bridgehead atoms. The van der Waals surface area contributed by atoms with Crippen LogP contribution in [0.3, 0.4) is 0 Å². The van der Waals surface area contributed by atoms with Crippen molar-refractivity contribution in [3.8, 4) is 11.3 Å². The maximum Gasteiger partial charge on any atom is 0.325 e. The zero-order chi connectivity index (χ0) is 22.7. The largest absolute Gasteiger partial charge is 0.468 e. The lowest BCUT2D eigenvalue weighted by Crippen LogP contribution is -2.40. The molecule has 1 saturated carbocycles. The van der Waals surface area contributed by atoms with Gasteiger partial charge in [-0.1, -0.05) is 24.3 Å². The van der Waals surface area contributed by atoms with Gasteiger partial charge in [-0.15, -0.1) is 0 Å². The molecule has 0 atom stereocenters. The first kappa shape index (κ1) is 21.8. The Hall–Kier alpha value is -3.39. The van der Waals surface area contributed by atoms with E-state index in [9.17, 15) is 9.59 Å². The number of rotatable bonds is 6. The fraction of sp³-hybridized carbons (Fsp3) is 0.375. The SMILES string of the molecule is COC(=O)CNc1c(-c2ccccc2C)nc2c(C(=O)NC3CCC(N)CC3)cccn12. The molecule has 3 aromatic rings. The lowest BCUT2D eigenvalue weighted by molar-refractivity contribution is -0.138. The summed E-state index contributed by atoms with van der Waals surface area (Å²) >= 11 is 0. The average molecular weight is 436 g/mol. The van der Waals surface area contributed by atoms with Gasteiger partial charge in [0.05, 0.1) is 12.7 Å². The van der Waals surface area contributed by atoms with E-state index in [1.165, 1.54) is 7.11 Å². The van der Waals surface area contributed by atoms with Crippen molar-refractivity contribution >= 4 is 23.3 Å². The van der Waals surface area contributed by atoms with Gasteiger partial charge in [-0.3, -0.25) is 14.0 Å². The molecule has 0 aliphatic heterocycles. The molecule has 8 heteroatoms. The molecule has 1 aliphatic carbocycles. The van der Waals surface area contributed by atoms with Gasteiger partial charge in [0.1, 0.15) is 18.1 Å². The Morgan fingerprint density at radius 3 is 2.62 bits per heavy atom. The minimum Gasteiger partial charge on any atom is -0.468 e. The summed E-state index contributed by atoms with van der Waals surface area (Å²) in [4.78, 5) is 29.8. The second kappa shape index (κ2) is 9.40. The highest BCUT2D eigenvalue weighted by Gasteiger charge is 2.24. The smallest absolute Gasteiger partial charge is 0.325 e. The van der Waals surface area contributed by atoms with E-state index >= 15 is 0 Å². The highest BCUT2D eigenvalue weighted by Crippen LogP contribution is 2.32. The molecule has 1 fully saturated rings. The van der Waals surface area contributed by atoms with Crippen LogP contribution in [-0.2, 0) is 9.53 Å². The monoisotopic (exact) mass is 435 g/mol. The number of nitrogens with two attached hydrogens (primary N) is 1. The lowest BCUT2D eigenvalue weighted by Gasteiger charge is -2.26. The number of esters is 1. The molecule has 168 valence electrons. The van der Waals surface area contributed by atoms with E-state index in [0.717, 1.165) is 36.8 Å². The number of carbonyl (C=O) groups excluding carboxylic acids is 2. The van der Waals surface area contributed by atoms with Crippen molar-refractivity contribution < 1.29 is 14.3 Å². The average Bonchev–Trinajstić information content (AvgIpc) is 3.17.